The zero-order valence-electron chi connectivity index (χ0n) is 13.2. The van der Waals surface area contributed by atoms with E-state index in [2.05, 4.69) is 10.1 Å². The molecule has 9 heteroatoms. The summed E-state index contributed by atoms with van der Waals surface area (Å²) in [5.74, 6) is -0.921. The second-order valence-electron chi connectivity index (χ2n) is 5.77. The number of esters is 1. The third-order valence-electron chi connectivity index (χ3n) is 2.66. The van der Waals surface area contributed by atoms with Crippen LogP contribution in [0.4, 0.5) is 18.0 Å². The molecule has 0 spiro atoms. The molecule has 1 rings (SSSR count). The molecule has 0 saturated heterocycles. The molecular weight excluding hydrogens is 351 g/mol. The number of benzene rings is 1. The minimum Gasteiger partial charge on any atom is -0.448 e. The summed E-state index contributed by atoms with van der Waals surface area (Å²) in [6.45, 7) is 4.87. The summed E-state index contributed by atoms with van der Waals surface area (Å²) >= 11 is 5.32. The first kappa shape index (κ1) is 20.1. The van der Waals surface area contributed by atoms with Crippen LogP contribution in [0.5, 0.6) is 0 Å². The van der Waals surface area contributed by atoms with Gasteiger partial charge in [0.25, 0.3) is 0 Å². The second kappa shape index (κ2) is 7.74. The van der Waals surface area contributed by atoms with Gasteiger partial charge >= 0.3 is 18.2 Å². The van der Waals surface area contributed by atoms with Crippen LogP contribution in [0.25, 0.3) is 0 Å². The molecule has 24 heavy (non-hydrogen) atoms. The average Bonchev–Trinajstić information content (AvgIpc) is 2.42. The predicted molar refractivity (Wildman–Crippen MR) is 80.4 cm³/mol. The molecule has 1 unspecified atom stereocenters. The summed E-state index contributed by atoms with van der Waals surface area (Å²) in [4.78, 5) is 23.8. The highest BCUT2D eigenvalue weighted by molar-refractivity contribution is 6.17. The normalized spacial score (nSPS) is 13.1. The lowest BCUT2D eigenvalue weighted by Gasteiger charge is -2.23. The van der Waals surface area contributed by atoms with Gasteiger partial charge in [0.2, 0.25) is 0 Å². The lowest BCUT2D eigenvalue weighted by atomic mass is 10.0. The summed E-state index contributed by atoms with van der Waals surface area (Å²) < 4.78 is 47.4. The van der Waals surface area contributed by atoms with E-state index in [1.165, 1.54) is 0 Å². The van der Waals surface area contributed by atoms with Crippen LogP contribution in [0.1, 0.15) is 37.9 Å². The Morgan fingerprint density at radius 2 is 1.71 bits per heavy atom. The number of halogens is 4. The molecule has 0 aromatic heterocycles. The van der Waals surface area contributed by atoms with E-state index >= 15 is 0 Å². The summed E-state index contributed by atoms with van der Waals surface area (Å²) in [5, 5.41) is 2.26. The molecule has 1 aromatic carbocycles. The lowest BCUT2D eigenvalue weighted by molar-refractivity contribution is -0.144. The standard InChI is InChI=1S/C15H17ClF3NO4/c1-14(2,3)24-13(22)20-11(12(21)23-8-16)9-4-6-10(7-5-9)15(17,18)19/h4-7,11H,8H2,1-3H3,(H,20,22). The van der Waals surface area contributed by atoms with Crippen LogP contribution < -0.4 is 5.32 Å². The van der Waals surface area contributed by atoms with Crippen molar-refractivity contribution in [3.05, 3.63) is 35.4 Å². The van der Waals surface area contributed by atoms with Crippen molar-refractivity contribution in [1.82, 2.24) is 5.32 Å². The van der Waals surface area contributed by atoms with Gasteiger partial charge in [-0.3, -0.25) is 0 Å². The van der Waals surface area contributed by atoms with Gasteiger partial charge in [0, 0.05) is 0 Å². The van der Waals surface area contributed by atoms with Crippen molar-refractivity contribution in [2.75, 3.05) is 6.07 Å². The van der Waals surface area contributed by atoms with Gasteiger partial charge in [0.1, 0.15) is 5.60 Å². The number of carbonyl (C=O) groups is 2. The number of hydrogen-bond acceptors (Lipinski definition) is 4. The predicted octanol–water partition coefficient (Wildman–Crippen LogP) is 4.01. The molecule has 0 aliphatic heterocycles. The minimum absolute atomic E-state index is 0.101. The Kier molecular flexibility index (Phi) is 6.48. The van der Waals surface area contributed by atoms with E-state index in [0.717, 1.165) is 24.3 Å². The SMILES string of the molecule is CC(C)(C)OC(=O)NC(C(=O)OCCl)c1ccc(C(F)(F)F)cc1. The summed E-state index contributed by atoms with van der Waals surface area (Å²) in [6.07, 6.45) is -5.43. The third-order valence-corrected chi connectivity index (χ3v) is 2.77. The summed E-state index contributed by atoms with van der Waals surface area (Å²) in [5.41, 5.74) is -1.59. The van der Waals surface area contributed by atoms with Gasteiger partial charge in [-0.2, -0.15) is 13.2 Å². The first-order chi connectivity index (χ1) is 10.9. The number of nitrogens with one attached hydrogen (secondary N) is 1. The number of carbonyl (C=O) groups excluding carboxylic acids is 2. The molecule has 5 nitrogen and oxygen atoms in total. The van der Waals surface area contributed by atoms with E-state index in [1.54, 1.807) is 20.8 Å². The van der Waals surface area contributed by atoms with E-state index in [4.69, 9.17) is 16.3 Å². The topological polar surface area (TPSA) is 64.6 Å². The van der Waals surface area contributed by atoms with Crippen molar-refractivity contribution in [1.29, 1.82) is 0 Å². The van der Waals surface area contributed by atoms with Crippen LogP contribution in [-0.4, -0.2) is 23.7 Å². The van der Waals surface area contributed by atoms with Gasteiger partial charge in [0.05, 0.1) is 5.56 Å². The highest BCUT2D eigenvalue weighted by atomic mass is 35.5. The van der Waals surface area contributed by atoms with Gasteiger partial charge in [-0.05, 0) is 38.5 Å². The van der Waals surface area contributed by atoms with Crippen molar-refractivity contribution in [2.45, 2.75) is 38.6 Å². The largest absolute Gasteiger partial charge is 0.448 e. The van der Waals surface area contributed by atoms with Crippen LogP contribution in [0.3, 0.4) is 0 Å². The van der Waals surface area contributed by atoms with Crippen LogP contribution in [0.15, 0.2) is 24.3 Å². The Bertz CT molecular complexity index is 582. The van der Waals surface area contributed by atoms with Crippen LogP contribution in [0, 0.1) is 0 Å². The summed E-state index contributed by atoms with van der Waals surface area (Å²) in [7, 11) is 0. The van der Waals surface area contributed by atoms with Crippen molar-refractivity contribution in [3.63, 3.8) is 0 Å². The van der Waals surface area contributed by atoms with E-state index < -0.39 is 41.5 Å². The fourth-order valence-corrected chi connectivity index (χ4v) is 1.81. The first-order valence-electron chi connectivity index (χ1n) is 6.83. The number of rotatable bonds is 4. The number of amides is 1. The molecule has 1 N–H and O–H groups in total. The third kappa shape index (κ3) is 6.27. The highest BCUT2D eigenvalue weighted by Gasteiger charge is 2.32. The second-order valence-corrected chi connectivity index (χ2v) is 5.99. The quantitative estimate of drug-likeness (QED) is 0.645. The zero-order valence-corrected chi connectivity index (χ0v) is 14.0. The average molecular weight is 368 g/mol. The van der Waals surface area contributed by atoms with Gasteiger partial charge in [0.15, 0.2) is 12.1 Å². The Morgan fingerprint density at radius 3 is 2.12 bits per heavy atom. The fraction of sp³-hybridized carbons (Fsp3) is 0.467. The molecule has 134 valence electrons. The fourth-order valence-electron chi connectivity index (χ4n) is 1.71. The first-order valence-corrected chi connectivity index (χ1v) is 7.37. The zero-order chi connectivity index (χ0) is 18.5. The van der Waals surface area contributed by atoms with E-state index in [1.807, 2.05) is 0 Å². The molecule has 0 saturated carbocycles. The maximum atomic E-state index is 12.6. The van der Waals surface area contributed by atoms with Gasteiger partial charge in [-0.25, -0.2) is 9.59 Å². The smallest absolute Gasteiger partial charge is 0.416 e. The molecular formula is C15H17ClF3NO4. The van der Waals surface area contributed by atoms with Crippen LogP contribution in [-0.2, 0) is 20.4 Å². The molecule has 0 bridgehead atoms. The molecule has 1 atom stereocenters. The summed E-state index contributed by atoms with van der Waals surface area (Å²) in [6, 6.07) is 1.92. The Morgan fingerprint density at radius 1 is 1.17 bits per heavy atom. The molecule has 0 fully saturated rings. The lowest BCUT2D eigenvalue weighted by Crippen LogP contribution is -2.38. The Labute approximate surface area is 142 Å². The maximum absolute atomic E-state index is 12.6. The van der Waals surface area contributed by atoms with E-state index in [9.17, 15) is 22.8 Å². The van der Waals surface area contributed by atoms with Crippen molar-refractivity contribution in [3.8, 4) is 0 Å². The van der Waals surface area contributed by atoms with Gasteiger partial charge in [-0.1, -0.05) is 23.7 Å². The molecule has 1 amide bonds. The molecule has 0 radical (unpaired) electrons. The van der Waals surface area contributed by atoms with Crippen LogP contribution >= 0.6 is 11.6 Å². The molecule has 0 aliphatic rings. The maximum Gasteiger partial charge on any atom is 0.416 e. The number of ether oxygens (including phenoxy) is 2. The number of alkyl carbamates (subject to hydrolysis) is 1. The van der Waals surface area contributed by atoms with Crippen molar-refractivity contribution in [2.24, 2.45) is 0 Å². The van der Waals surface area contributed by atoms with Gasteiger partial charge < -0.3 is 14.8 Å². The highest BCUT2D eigenvalue weighted by Crippen LogP contribution is 2.30. The Balaban J connectivity index is 3.02. The Hall–Kier alpha value is -1.96. The molecule has 1 aromatic rings. The monoisotopic (exact) mass is 367 g/mol. The molecule has 0 aliphatic carbocycles. The molecule has 0 heterocycles. The van der Waals surface area contributed by atoms with E-state index in [-0.39, 0.29) is 5.56 Å². The number of alkyl halides is 4. The van der Waals surface area contributed by atoms with E-state index in [0.29, 0.717) is 0 Å². The van der Waals surface area contributed by atoms with Crippen LogP contribution in [0.2, 0.25) is 0 Å². The van der Waals surface area contributed by atoms with Crippen molar-refractivity contribution < 1.29 is 32.2 Å². The number of hydrogen-bond donors (Lipinski definition) is 1. The van der Waals surface area contributed by atoms with Gasteiger partial charge in [-0.15, -0.1) is 0 Å². The minimum atomic E-state index is -4.51. The van der Waals surface area contributed by atoms with Crippen molar-refractivity contribution >= 4 is 23.7 Å².